The minimum Gasteiger partial charge on any atom is -0.294 e. The maximum absolute atomic E-state index is 13.8. The Balaban J connectivity index is 2.38. The first-order valence-electron chi connectivity index (χ1n) is 5.51. The molecule has 6 heteroatoms. The van der Waals surface area contributed by atoms with Crippen LogP contribution in [0.5, 0.6) is 0 Å². The SMILES string of the molecule is O=C(Cc1c(F)ccc(Br)c1F)c1cccc(F)c1Br. The van der Waals surface area contributed by atoms with E-state index in [2.05, 4.69) is 31.9 Å². The van der Waals surface area contributed by atoms with Crippen molar-refractivity contribution in [1.82, 2.24) is 0 Å². The lowest BCUT2D eigenvalue weighted by atomic mass is 10.0. The van der Waals surface area contributed by atoms with E-state index in [1.807, 2.05) is 0 Å². The first-order chi connectivity index (χ1) is 9.41. The summed E-state index contributed by atoms with van der Waals surface area (Å²) in [7, 11) is 0. The molecule has 2 aromatic rings. The molecule has 0 bridgehead atoms. The molecule has 0 aliphatic carbocycles. The van der Waals surface area contributed by atoms with Crippen molar-refractivity contribution in [2.75, 3.05) is 0 Å². The summed E-state index contributed by atoms with van der Waals surface area (Å²) in [6.45, 7) is 0. The third kappa shape index (κ3) is 2.96. The average molecular weight is 408 g/mol. The fourth-order valence-electron chi connectivity index (χ4n) is 1.71. The molecular formula is C14H7Br2F3O. The predicted octanol–water partition coefficient (Wildman–Crippen LogP) is 5.05. The van der Waals surface area contributed by atoms with Crippen molar-refractivity contribution in [2.24, 2.45) is 0 Å². The van der Waals surface area contributed by atoms with Gasteiger partial charge in [-0.1, -0.05) is 12.1 Å². The Morgan fingerprint density at radius 1 is 1.00 bits per heavy atom. The van der Waals surface area contributed by atoms with E-state index in [1.165, 1.54) is 24.3 Å². The number of carbonyl (C=O) groups is 1. The molecule has 0 unspecified atom stereocenters. The summed E-state index contributed by atoms with van der Waals surface area (Å²) >= 11 is 5.88. The van der Waals surface area contributed by atoms with Crippen LogP contribution < -0.4 is 0 Å². The fraction of sp³-hybridized carbons (Fsp3) is 0.0714. The molecule has 0 fully saturated rings. The van der Waals surface area contributed by atoms with Gasteiger partial charge in [0.05, 0.1) is 8.95 Å². The van der Waals surface area contributed by atoms with Gasteiger partial charge in [-0.05, 0) is 50.1 Å². The molecule has 0 atom stereocenters. The zero-order valence-electron chi connectivity index (χ0n) is 9.89. The van der Waals surface area contributed by atoms with Crippen molar-refractivity contribution in [2.45, 2.75) is 6.42 Å². The van der Waals surface area contributed by atoms with E-state index in [9.17, 15) is 18.0 Å². The number of halogens is 5. The van der Waals surface area contributed by atoms with Gasteiger partial charge in [0.15, 0.2) is 5.78 Å². The molecule has 2 rings (SSSR count). The average Bonchev–Trinajstić information content (AvgIpc) is 2.42. The Morgan fingerprint density at radius 3 is 2.40 bits per heavy atom. The van der Waals surface area contributed by atoms with Crippen LogP contribution in [0.3, 0.4) is 0 Å². The van der Waals surface area contributed by atoms with E-state index >= 15 is 0 Å². The molecule has 20 heavy (non-hydrogen) atoms. The van der Waals surface area contributed by atoms with E-state index in [1.54, 1.807) is 0 Å². The third-order valence-electron chi connectivity index (χ3n) is 2.73. The molecule has 0 spiro atoms. The van der Waals surface area contributed by atoms with Crippen molar-refractivity contribution in [1.29, 1.82) is 0 Å². The van der Waals surface area contributed by atoms with Crippen LogP contribution in [-0.4, -0.2) is 5.78 Å². The van der Waals surface area contributed by atoms with E-state index < -0.39 is 29.7 Å². The monoisotopic (exact) mass is 406 g/mol. The molecule has 2 aromatic carbocycles. The van der Waals surface area contributed by atoms with Crippen molar-refractivity contribution in [3.8, 4) is 0 Å². The quantitative estimate of drug-likeness (QED) is 0.513. The smallest absolute Gasteiger partial charge is 0.168 e. The number of hydrogen-bond acceptors (Lipinski definition) is 1. The molecule has 0 heterocycles. The molecule has 0 saturated heterocycles. The highest BCUT2D eigenvalue weighted by Gasteiger charge is 2.19. The molecule has 0 aliphatic heterocycles. The van der Waals surface area contributed by atoms with Gasteiger partial charge in [-0.2, -0.15) is 0 Å². The largest absolute Gasteiger partial charge is 0.294 e. The van der Waals surface area contributed by atoms with Gasteiger partial charge >= 0.3 is 0 Å². The van der Waals surface area contributed by atoms with Crippen LogP contribution >= 0.6 is 31.9 Å². The summed E-state index contributed by atoms with van der Waals surface area (Å²) in [5.74, 6) is -2.82. The Hall–Kier alpha value is -1.14. The second-order valence-corrected chi connectivity index (χ2v) is 5.67. The summed E-state index contributed by atoms with van der Waals surface area (Å²) in [4.78, 5) is 12.1. The van der Waals surface area contributed by atoms with Gasteiger partial charge in [-0.3, -0.25) is 4.79 Å². The highest BCUT2D eigenvalue weighted by molar-refractivity contribution is 9.10. The van der Waals surface area contributed by atoms with E-state index in [0.717, 1.165) is 6.07 Å². The highest BCUT2D eigenvalue weighted by Crippen LogP contribution is 2.25. The van der Waals surface area contributed by atoms with Gasteiger partial charge in [0.1, 0.15) is 17.5 Å². The Bertz CT molecular complexity index is 686. The normalized spacial score (nSPS) is 10.7. The lowest BCUT2D eigenvalue weighted by Gasteiger charge is -2.07. The van der Waals surface area contributed by atoms with Gasteiger partial charge in [0.25, 0.3) is 0 Å². The first-order valence-corrected chi connectivity index (χ1v) is 7.10. The van der Waals surface area contributed by atoms with Crippen LogP contribution in [0.1, 0.15) is 15.9 Å². The van der Waals surface area contributed by atoms with Gasteiger partial charge in [-0.25, -0.2) is 13.2 Å². The molecule has 0 aliphatic rings. The third-order valence-corrected chi connectivity index (χ3v) is 4.15. The summed E-state index contributed by atoms with van der Waals surface area (Å²) in [6, 6.07) is 6.22. The van der Waals surface area contributed by atoms with Crippen LogP contribution in [0.4, 0.5) is 13.2 Å². The van der Waals surface area contributed by atoms with Crippen molar-refractivity contribution >= 4 is 37.6 Å². The summed E-state index contributed by atoms with van der Waals surface area (Å²) < 4.78 is 40.8. The number of carbonyl (C=O) groups excluding carboxylic acids is 1. The van der Waals surface area contributed by atoms with Gasteiger partial charge in [0, 0.05) is 17.5 Å². The number of rotatable bonds is 3. The summed E-state index contributed by atoms with van der Waals surface area (Å²) in [5.41, 5.74) is -0.302. The first kappa shape index (κ1) is 15.3. The second kappa shape index (κ2) is 6.10. The maximum Gasteiger partial charge on any atom is 0.168 e. The summed E-state index contributed by atoms with van der Waals surface area (Å²) in [5, 5.41) is 0. The molecule has 0 radical (unpaired) electrons. The van der Waals surface area contributed by atoms with Crippen molar-refractivity contribution in [3.63, 3.8) is 0 Å². The maximum atomic E-state index is 13.8. The van der Waals surface area contributed by atoms with Crippen LogP contribution in [0.25, 0.3) is 0 Å². The zero-order valence-corrected chi connectivity index (χ0v) is 13.1. The molecule has 0 N–H and O–H groups in total. The topological polar surface area (TPSA) is 17.1 Å². The number of Topliss-reactive ketones (excluding diaryl/α,β-unsaturated/α-hetero) is 1. The predicted molar refractivity (Wildman–Crippen MR) is 76.2 cm³/mol. The molecule has 0 aromatic heterocycles. The second-order valence-electron chi connectivity index (χ2n) is 4.02. The van der Waals surface area contributed by atoms with Crippen LogP contribution in [0.2, 0.25) is 0 Å². The highest BCUT2D eigenvalue weighted by atomic mass is 79.9. The number of ketones is 1. The zero-order chi connectivity index (χ0) is 14.9. The summed E-state index contributed by atoms with van der Waals surface area (Å²) in [6.07, 6.45) is -0.487. The molecule has 0 saturated carbocycles. The Labute approximate surface area is 130 Å². The van der Waals surface area contributed by atoms with Gasteiger partial charge in [0.2, 0.25) is 0 Å². The van der Waals surface area contributed by atoms with E-state index in [4.69, 9.17) is 0 Å². The van der Waals surface area contributed by atoms with Gasteiger partial charge in [-0.15, -0.1) is 0 Å². The van der Waals surface area contributed by atoms with Crippen molar-refractivity contribution in [3.05, 3.63) is 67.9 Å². The molecular weight excluding hydrogens is 401 g/mol. The molecule has 104 valence electrons. The van der Waals surface area contributed by atoms with E-state index in [-0.39, 0.29) is 20.1 Å². The Kier molecular flexibility index (Phi) is 4.65. The van der Waals surface area contributed by atoms with Gasteiger partial charge < -0.3 is 0 Å². The minimum absolute atomic E-state index is 0.0131. The number of benzene rings is 2. The van der Waals surface area contributed by atoms with Crippen LogP contribution in [0.15, 0.2) is 39.3 Å². The lowest BCUT2D eigenvalue weighted by molar-refractivity contribution is 0.0989. The lowest BCUT2D eigenvalue weighted by Crippen LogP contribution is -2.09. The van der Waals surface area contributed by atoms with Crippen molar-refractivity contribution < 1.29 is 18.0 Å². The standard InChI is InChI=1S/C14H7Br2F3O/c15-9-4-5-10(17)8(14(9)19)6-12(20)7-2-1-3-11(18)13(7)16/h1-5H,6H2. The van der Waals surface area contributed by atoms with E-state index in [0.29, 0.717) is 0 Å². The number of hydrogen-bond donors (Lipinski definition) is 0. The van der Waals surface area contributed by atoms with Crippen LogP contribution in [0, 0.1) is 17.5 Å². The molecule has 0 amide bonds. The minimum atomic E-state index is -0.828. The Morgan fingerprint density at radius 2 is 1.70 bits per heavy atom. The molecule has 1 nitrogen and oxygen atoms in total. The van der Waals surface area contributed by atoms with Crippen LogP contribution in [-0.2, 0) is 6.42 Å². The fourth-order valence-corrected chi connectivity index (χ4v) is 2.56.